The van der Waals surface area contributed by atoms with Crippen molar-refractivity contribution in [3.05, 3.63) is 24.0 Å². The molecule has 0 aliphatic heterocycles. The molecule has 0 bridgehead atoms. The Balaban J connectivity index is 1.88. The molecule has 0 spiro atoms. The molecule has 0 radical (unpaired) electrons. The average molecular weight is 233 g/mol. The summed E-state index contributed by atoms with van der Waals surface area (Å²) in [6.07, 6.45) is 5.17. The van der Waals surface area contributed by atoms with Gasteiger partial charge in [0, 0.05) is 12.6 Å². The van der Waals surface area contributed by atoms with E-state index in [0.29, 0.717) is 11.5 Å². The smallest absolute Gasteiger partial charge is 0.201 e. The van der Waals surface area contributed by atoms with E-state index < -0.39 is 0 Å². The molecule has 3 nitrogen and oxygen atoms in total. The van der Waals surface area contributed by atoms with E-state index in [1.807, 2.05) is 4.57 Å². The molecule has 90 valence electrons. The van der Waals surface area contributed by atoms with Gasteiger partial charge < -0.3 is 10.3 Å². The quantitative estimate of drug-likeness (QED) is 0.885. The van der Waals surface area contributed by atoms with Gasteiger partial charge in [0.2, 0.25) is 5.95 Å². The first-order valence-electron chi connectivity index (χ1n) is 6.15. The van der Waals surface area contributed by atoms with Gasteiger partial charge in [0.1, 0.15) is 5.82 Å². The number of anilines is 1. The molecular weight excluding hydrogens is 217 g/mol. The van der Waals surface area contributed by atoms with Crippen molar-refractivity contribution < 1.29 is 4.39 Å². The predicted octanol–water partition coefficient (Wildman–Crippen LogP) is 2.95. The van der Waals surface area contributed by atoms with Crippen molar-refractivity contribution in [1.82, 2.24) is 9.55 Å². The molecule has 1 aliphatic rings. The molecule has 1 aromatic carbocycles. The second kappa shape index (κ2) is 4.02. The standard InChI is InChI=1S/C13H16FN3/c14-10-4-5-12-11(8-10)16-13(15)17(12)7-6-9-2-1-3-9/h4-5,8-9H,1-3,6-7H2,(H2,15,16). The fourth-order valence-electron chi connectivity index (χ4n) is 2.45. The molecule has 3 rings (SSSR count). The lowest BCUT2D eigenvalue weighted by atomic mass is 9.83. The molecule has 1 aliphatic carbocycles. The van der Waals surface area contributed by atoms with Gasteiger partial charge in [0.25, 0.3) is 0 Å². The maximum absolute atomic E-state index is 13.1. The summed E-state index contributed by atoms with van der Waals surface area (Å²) >= 11 is 0. The van der Waals surface area contributed by atoms with Crippen molar-refractivity contribution in [2.45, 2.75) is 32.2 Å². The summed E-state index contributed by atoms with van der Waals surface area (Å²) in [4.78, 5) is 4.20. The second-order valence-corrected chi connectivity index (χ2v) is 4.84. The molecule has 17 heavy (non-hydrogen) atoms. The highest BCUT2D eigenvalue weighted by Gasteiger charge is 2.18. The number of aryl methyl sites for hydroxylation is 1. The zero-order valence-corrected chi connectivity index (χ0v) is 9.69. The van der Waals surface area contributed by atoms with E-state index in [1.165, 1.54) is 31.4 Å². The van der Waals surface area contributed by atoms with Crippen molar-refractivity contribution in [2.24, 2.45) is 5.92 Å². The van der Waals surface area contributed by atoms with Gasteiger partial charge in [-0.15, -0.1) is 0 Å². The Labute approximate surface area is 99.4 Å². The van der Waals surface area contributed by atoms with Crippen LogP contribution in [0, 0.1) is 11.7 Å². The minimum atomic E-state index is -0.263. The number of hydrogen-bond acceptors (Lipinski definition) is 2. The number of nitrogen functional groups attached to an aromatic ring is 1. The third-order valence-electron chi connectivity index (χ3n) is 3.73. The molecule has 1 heterocycles. The third-order valence-corrected chi connectivity index (χ3v) is 3.73. The van der Waals surface area contributed by atoms with Crippen LogP contribution in [0.15, 0.2) is 18.2 Å². The Morgan fingerprint density at radius 2 is 2.24 bits per heavy atom. The monoisotopic (exact) mass is 233 g/mol. The van der Waals surface area contributed by atoms with Crippen molar-refractivity contribution >= 4 is 17.0 Å². The zero-order chi connectivity index (χ0) is 11.8. The number of halogens is 1. The number of nitrogens with zero attached hydrogens (tertiary/aromatic N) is 2. The summed E-state index contributed by atoms with van der Waals surface area (Å²) in [5.41, 5.74) is 7.46. The van der Waals surface area contributed by atoms with Gasteiger partial charge in [-0.05, 0) is 24.5 Å². The topological polar surface area (TPSA) is 43.8 Å². The van der Waals surface area contributed by atoms with Crippen molar-refractivity contribution in [3.63, 3.8) is 0 Å². The van der Waals surface area contributed by atoms with Crippen LogP contribution in [0.2, 0.25) is 0 Å². The molecule has 0 saturated heterocycles. The summed E-state index contributed by atoms with van der Waals surface area (Å²) in [7, 11) is 0. The zero-order valence-electron chi connectivity index (χ0n) is 9.69. The Morgan fingerprint density at radius 3 is 2.94 bits per heavy atom. The molecule has 0 unspecified atom stereocenters. The number of fused-ring (bicyclic) bond motifs is 1. The minimum Gasteiger partial charge on any atom is -0.369 e. The summed E-state index contributed by atoms with van der Waals surface area (Å²) in [5.74, 6) is 1.07. The van der Waals surface area contributed by atoms with Crippen LogP contribution in [0.25, 0.3) is 11.0 Å². The molecule has 2 aromatic rings. The fraction of sp³-hybridized carbons (Fsp3) is 0.462. The van der Waals surface area contributed by atoms with Crippen LogP contribution in [-0.2, 0) is 6.54 Å². The molecule has 1 aromatic heterocycles. The lowest BCUT2D eigenvalue weighted by Gasteiger charge is -2.25. The molecule has 1 fully saturated rings. The summed E-state index contributed by atoms with van der Waals surface area (Å²) < 4.78 is 15.1. The lowest BCUT2D eigenvalue weighted by Crippen LogP contribution is -2.14. The van der Waals surface area contributed by atoms with Gasteiger partial charge in [-0.3, -0.25) is 0 Å². The van der Waals surface area contributed by atoms with Crippen LogP contribution >= 0.6 is 0 Å². The first-order chi connectivity index (χ1) is 8.24. The predicted molar refractivity (Wildman–Crippen MR) is 66.1 cm³/mol. The van der Waals surface area contributed by atoms with E-state index >= 15 is 0 Å². The molecular formula is C13H16FN3. The number of rotatable bonds is 3. The normalized spacial score (nSPS) is 16.3. The highest BCUT2D eigenvalue weighted by atomic mass is 19.1. The highest BCUT2D eigenvalue weighted by Crippen LogP contribution is 2.30. The number of hydrogen-bond donors (Lipinski definition) is 1. The van der Waals surface area contributed by atoms with E-state index in [2.05, 4.69) is 4.98 Å². The summed E-state index contributed by atoms with van der Waals surface area (Å²) in [6, 6.07) is 4.66. The van der Waals surface area contributed by atoms with Gasteiger partial charge in [-0.25, -0.2) is 9.37 Å². The Bertz CT molecular complexity index is 543. The summed E-state index contributed by atoms with van der Waals surface area (Å²) in [6.45, 7) is 0.888. The highest BCUT2D eigenvalue weighted by molar-refractivity contribution is 5.78. The van der Waals surface area contributed by atoms with Crippen LogP contribution in [0.4, 0.5) is 10.3 Å². The maximum Gasteiger partial charge on any atom is 0.201 e. The van der Waals surface area contributed by atoms with Crippen LogP contribution in [0.3, 0.4) is 0 Å². The van der Waals surface area contributed by atoms with Crippen LogP contribution in [-0.4, -0.2) is 9.55 Å². The molecule has 2 N–H and O–H groups in total. The van der Waals surface area contributed by atoms with Gasteiger partial charge >= 0.3 is 0 Å². The minimum absolute atomic E-state index is 0.263. The number of nitrogens with two attached hydrogens (primary N) is 1. The number of aromatic nitrogens is 2. The van der Waals surface area contributed by atoms with Crippen LogP contribution in [0.5, 0.6) is 0 Å². The lowest BCUT2D eigenvalue weighted by molar-refractivity contribution is 0.284. The Kier molecular flexibility index (Phi) is 2.50. The SMILES string of the molecule is Nc1nc2cc(F)ccc2n1CCC1CCC1. The first kappa shape index (κ1) is 10.6. The van der Waals surface area contributed by atoms with Crippen molar-refractivity contribution in [1.29, 1.82) is 0 Å². The number of imidazole rings is 1. The van der Waals surface area contributed by atoms with E-state index in [4.69, 9.17) is 5.73 Å². The molecule has 1 saturated carbocycles. The van der Waals surface area contributed by atoms with E-state index in [9.17, 15) is 4.39 Å². The van der Waals surface area contributed by atoms with Gasteiger partial charge in [-0.1, -0.05) is 19.3 Å². The Hall–Kier alpha value is -1.58. The average Bonchev–Trinajstić information content (AvgIpc) is 2.52. The van der Waals surface area contributed by atoms with Gasteiger partial charge in [0.15, 0.2) is 0 Å². The van der Waals surface area contributed by atoms with Gasteiger partial charge in [0.05, 0.1) is 11.0 Å². The third kappa shape index (κ3) is 1.88. The Morgan fingerprint density at radius 1 is 1.41 bits per heavy atom. The largest absolute Gasteiger partial charge is 0.369 e. The maximum atomic E-state index is 13.1. The fourth-order valence-corrected chi connectivity index (χ4v) is 2.45. The van der Waals surface area contributed by atoms with Crippen LogP contribution in [0.1, 0.15) is 25.7 Å². The molecule has 0 amide bonds. The van der Waals surface area contributed by atoms with E-state index in [1.54, 1.807) is 6.07 Å². The number of benzene rings is 1. The second-order valence-electron chi connectivity index (χ2n) is 4.84. The first-order valence-corrected chi connectivity index (χ1v) is 6.15. The summed E-state index contributed by atoms with van der Waals surface area (Å²) in [5, 5.41) is 0. The van der Waals surface area contributed by atoms with Gasteiger partial charge in [-0.2, -0.15) is 0 Å². The van der Waals surface area contributed by atoms with E-state index in [0.717, 1.165) is 24.4 Å². The van der Waals surface area contributed by atoms with E-state index in [-0.39, 0.29) is 5.82 Å². The van der Waals surface area contributed by atoms with Crippen molar-refractivity contribution in [2.75, 3.05) is 5.73 Å². The molecule has 4 heteroatoms. The molecule has 0 atom stereocenters. The van der Waals surface area contributed by atoms with Crippen molar-refractivity contribution in [3.8, 4) is 0 Å². The van der Waals surface area contributed by atoms with Crippen LogP contribution < -0.4 is 5.73 Å².